The summed E-state index contributed by atoms with van der Waals surface area (Å²) >= 11 is 3.33. The minimum atomic E-state index is 0.0381. The molecule has 1 heterocycles. The molecule has 1 atom stereocenters. The van der Waals surface area contributed by atoms with Crippen molar-refractivity contribution >= 4 is 27.5 Å². The fourth-order valence-corrected chi connectivity index (χ4v) is 2.66. The smallest absolute Gasteiger partial charge is 0.253 e. The first-order valence-corrected chi connectivity index (χ1v) is 6.86. The summed E-state index contributed by atoms with van der Waals surface area (Å²) in [6.45, 7) is 1.70. The van der Waals surface area contributed by atoms with E-state index < -0.39 is 0 Å². The van der Waals surface area contributed by atoms with E-state index in [0.29, 0.717) is 17.2 Å². The van der Waals surface area contributed by atoms with E-state index in [1.54, 1.807) is 18.2 Å². The largest absolute Gasteiger partial charge is 0.398 e. The number of nitrogens with zero attached hydrogens (tertiary/aromatic N) is 1. The first-order valence-electron chi connectivity index (χ1n) is 6.07. The highest BCUT2D eigenvalue weighted by molar-refractivity contribution is 9.10. The second-order valence-corrected chi connectivity index (χ2v) is 5.51. The Morgan fingerprint density at radius 1 is 1.56 bits per heavy atom. The molecule has 0 bridgehead atoms. The molecule has 1 aliphatic heterocycles. The summed E-state index contributed by atoms with van der Waals surface area (Å²) in [5.74, 6) is 0.465. The number of aliphatic hydroxyl groups excluding tert-OH is 1. The highest BCUT2D eigenvalue weighted by Crippen LogP contribution is 2.24. The van der Waals surface area contributed by atoms with Gasteiger partial charge in [-0.25, -0.2) is 0 Å². The number of nitrogen functional groups attached to an aromatic ring is 1. The first kappa shape index (κ1) is 13.4. The molecule has 1 aromatic carbocycles. The number of carbonyl (C=O) groups is 1. The van der Waals surface area contributed by atoms with Gasteiger partial charge < -0.3 is 15.7 Å². The normalized spacial score (nSPS) is 19.2. The van der Waals surface area contributed by atoms with Gasteiger partial charge in [0.15, 0.2) is 0 Å². The van der Waals surface area contributed by atoms with Crippen LogP contribution in [0.4, 0.5) is 5.69 Å². The maximum Gasteiger partial charge on any atom is 0.253 e. The maximum atomic E-state index is 12.3. The van der Waals surface area contributed by atoms with E-state index in [4.69, 9.17) is 10.8 Å². The SMILES string of the molecule is Nc1ccc(C(=O)N2CCC(CCO)C2)cc1Br. The molecule has 0 radical (unpaired) electrons. The third-order valence-corrected chi connectivity index (χ3v) is 4.04. The minimum absolute atomic E-state index is 0.0381. The van der Waals surface area contributed by atoms with Crippen LogP contribution in [0, 0.1) is 5.92 Å². The van der Waals surface area contributed by atoms with Crippen LogP contribution >= 0.6 is 15.9 Å². The molecule has 4 nitrogen and oxygen atoms in total. The summed E-state index contributed by atoms with van der Waals surface area (Å²) in [6, 6.07) is 5.25. The van der Waals surface area contributed by atoms with Crippen molar-refractivity contribution in [2.24, 2.45) is 5.92 Å². The summed E-state index contributed by atoms with van der Waals surface area (Å²) in [5, 5.41) is 8.91. The number of benzene rings is 1. The van der Waals surface area contributed by atoms with E-state index in [-0.39, 0.29) is 12.5 Å². The lowest BCUT2D eigenvalue weighted by atomic mass is 10.1. The summed E-state index contributed by atoms with van der Waals surface area (Å²) in [6.07, 6.45) is 1.75. The van der Waals surface area contributed by atoms with E-state index in [0.717, 1.165) is 30.4 Å². The van der Waals surface area contributed by atoms with Gasteiger partial charge in [0.1, 0.15) is 0 Å². The zero-order chi connectivity index (χ0) is 13.1. The Bertz CT molecular complexity index is 451. The average molecular weight is 313 g/mol. The molecule has 18 heavy (non-hydrogen) atoms. The quantitative estimate of drug-likeness (QED) is 0.837. The molecule has 1 saturated heterocycles. The number of hydrogen-bond donors (Lipinski definition) is 2. The van der Waals surface area contributed by atoms with Crippen molar-refractivity contribution in [1.29, 1.82) is 0 Å². The van der Waals surface area contributed by atoms with E-state index in [1.807, 2.05) is 4.90 Å². The van der Waals surface area contributed by atoms with Crippen LogP contribution in [0.3, 0.4) is 0 Å². The third kappa shape index (κ3) is 2.84. The molecule has 0 aliphatic carbocycles. The molecule has 98 valence electrons. The molecule has 5 heteroatoms. The first-order chi connectivity index (χ1) is 8.61. The third-order valence-electron chi connectivity index (χ3n) is 3.36. The topological polar surface area (TPSA) is 66.6 Å². The monoisotopic (exact) mass is 312 g/mol. The molecule has 0 aromatic heterocycles. The molecule has 3 N–H and O–H groups in total. The van der Waals surface area contributed by atoms with E-state index >= 15 is 0 Å². The van der Waals surface area contributed by atoms with E-state index in [1.165, 1.54) is 0 Å². The Labute approximate surface area is 115 Å². The fourth-order valence-electron chi connectivity index (χ4n) is 2.28. The number of anilines is 1. The highest BCUT2D eigenvalue weighted by Gasteiger charge is 2.26. The van der Waals surface area contributed by atoms with Crippen LogP contribution in [0.1, 0.15) is 23.2 Å². The van der Waals surface area contributed by atoms with Crippen molar-refractivity contribution in [2.45, 2.75) is 12.8 Å². The lowest BCUT2D eigenvalue weighted by molar-refractivity contribution is 0.0784. The molecular formula is C13H17BrN2O2. The van der Waals surface area contributed by atoms with Gasteiger partial charge in [0.2, 0.25) is 0 Å². The van der Waals surface area contributed by atoms with Crippen LogP contribution in [0.25, 0.3) is 0 Å². The molecule has 1 amide bonds. The predicted molar refractivity (Wildman–Crippen MR) is 74.3 cm³/mol. The number of nitrogens with two attached hydrogens (primary N) is 1. The molecule has 1 aromatic rings. The van der Waals surface area contributed by atoms with Crippen molar-refractivity contribution in [3.8, 4) is 0 Å². The van der Waals surface area contributed by atoms with Crippen LogP contribution in [0.2, 0.25) is 0 Å². The van der Waals surface area contributed by atoms with Crippen molar-refractivity contribution in [2.75, 3.05) is 25.4 Å². The number of aliphatic hydroxyl groups is 1. The van der Waals surface area contributed by atoms with Gasteiger partial charge in [0.25, 0.3) is 5.91 Å². The van der Waals surface area contributed by atoms with Crippen molar-refractivity contribution in [3.63, 3.8) is 0 Å². The molecule has 1 aliphatic rings. The summed E-state index contributed by atoms with van der Waals surface area (Å²) in [5.41, 5.74) is 6.99. The van der Waals surface area contributed by atoms with E-state index in [2.05, 4.69) is 15.9 Å². The Morgan fingerprint density at radius 2 is 2.33 bits per heavy atom. The standard InChI is InChI=1S/C13H17BrN2O2/c14-11-7-10(1-2-12(11)15)13(18)16-5-3-9(8-16)4-6-17/h1-2,7,9,17H,3-6,8,15H2. The van der Waals surface area contributed by atoms with Gasteiger partial charge >= 0.3 is 0 Å². The molecule has 0 spiro atoms. The van der Waals surface area contributed by atoms with Gasteiger partial charge in [-0.2, -0.15) is 0 Å². The second kappa shape index (κ2) is 5.71. The van der Waals surface area contributed by atoms with Gasteiger partial charge in [0, 0.05) is 35.4 Å². The molecule has 1 fully saturated rings. The molecule has 1 unspecified atom stereocenters. The summed E-state index contributed by atoms with van der Waals surface area (Å²) < 4.78 is 0.749. The van der Waals surface area contributed by atoms with Crippen LogP contribution in [-0.4, -0.2) is 35.6 Å². The van der Waals surface area contributed by atoms with Crippen molar-refractivity contribution < 1.29 is 9.90 Å². The van der Waals surface area contributed by atoms with Gasteiger partial charge in [-0.3, -0.25) is 4.79 Å². The zero-order valence-electron chi connectivity index (χ0n) is 10.1. The lowest BCUT2D eigenvalue weighted by Gasteiger charge is -2.16. The van der Waals surface area contributed by atoms with Gasteiger partial charge in [-0.1, -0.05) is 0 Å². The number of halogens is 1. The zero-order valence-corrected chi connectivity index (χ0v) is 11.7. The number of hydrogen-bond acceptors (Lipinski definition) is 3. The molecule has 2 rings (SSSR count). The minimum Gasteiger partial charge on any atom is -0.398 e. The predicted octanol–water partition coefficient (Wildman–Crippen LogP) is 1.88. The van der Waals surface area contributed by atoms with Gasteiger partial charge in [0.05, 0.1) is 0 Å². The van der Waals surface area contributed by atoms with E-state index in [9.17, 15) is 4.79 Å². The second-order valence-electron chi connectivity index (χ2n) is 4.65. The average Bonchev–Trinajstić information content (AvgIpc) is 2.81. The number of rotatable bonds is 3. The summed E-state index contributed by atoms with van der Waals surface area (Å²) in [4.78, 5) is 14.1. The Morgan fingerprint density at radius 3 is 3.00 bits per heavy atom. The Kier molecular flexibility index (Phi) is 4.24. The van der Waals surface area contributed by atoms with Crippen LogP contribution in [0.5, 0.6) is 0 Å². The van der Waals surface area contributed by atoms with Crippen LogP contribution in [0.15, 0.2) is 22.7 Å². The number of amides is 1. The Balaban J connectivity index is 2.05. The molecular weight excluding hydrogens is 296 g/mol. The maximum absolute atomic E-state index is 12.3. The Hall–Kier alpha value is -1.07. The summed E-state index contributed by atoms with van der Waals surface area (Å²) in [7, 11) is 0. The van der Waals surface area contributed by atoms with Crippen molar-refractivity contribution in [1.82, 2.24) is 4.90 Å². The molecule has 0 saturated carbocycles. The van der Waals surface area contributed by atoms with Gasteiger partial charge in [-0.05, 0) is 52.9 Å². The van der Waals surface area contributed by atoms with Crippen molar-refractivity contribution in [3.05, 3.63) is 28.2 Å². The van der Waals surface area contributed by atoms with Crippen LogP contribution in [-0.2, 0) is 0 Å². The number of carbonyl (C=O) groups excluding carboxylic acids is 1. The van der Waals surface area contributed by atoms with Gasteiger partial charge in [-0.15, -0.1) is 0 Å². The number of likely N-dealkylation sites (tertiary alicyclic amines) is 1. The van der Waals surface area contributed by atoms with Crippen LogP contribution < -0.4 is 5.73 Å². The highest BCUT2D eigenvalue weighted by atomic mass is 79.9. The lowest BCUT2D eigenvalue weighted by Crippen LogP contribution is -2.28. The fraction of sp³-hybridized carbons (Fsp3) is 0.462.